The van der Waals surface area contributed by atoms with Crippen LogP contribution in [0.5, 0.6) is 0 Å². The van der Waals surface area contributed by atoms with Gasteiger partial charge in [-0.05, 0) is 130 Å². The van der Waals surface area contributed by atoms with E-state index in [1.54, 1.807) is 0 Å². The third-order valence-corrected chi connectivity index (χ3v) is 14.8. The van der Waals surface area contributed by atoms with Gasteiger partial charge in [0.05, 0.1) is 0 Å². The number of fused-ring (bicyclic) bond motifs is 12. The van der Waals surface area contributed by atoms with Gasteiger partial charge in [-0.15, -0.1) is 22.7 Å². The molecule has 0 bridgehead atoms. The molecule has 0 saturated heterocycles. The summed E-state index contributed by atoms with van der Waals surface area (Å²) in [5.74, 6) is 0. The van der Waals surface area contributed by atoms with Crippen molar-refractivity contribution in [3.63, 3.8) is 0 Å². The predicted octanol–water partition coefficient (Wildman–Crippen LogP) is 17.7. The summed E-state index contributed by atoms with van der Waals surface area (Å²) < 4.78 is 25.4. The summed E-state index contributed by atoms with van der Waals surface area (Å²) >= 11 is 3.64. The molecule has 6 heteroatoms. The fraction of sp³-hybridized carbons (Fsp3) is 0. The van der Waals surface area contributed by atoms with Crippen LogP contribution in [-0.4, -0.2) is 0 Å². The zero-order valence-electron chi connectivity index (χ0n) is 32.8. The molecule has 0 radical (unpaired) electrons. The van der Waals surface area contributed by atoms with E-state index >= 15 is 0 Å². The highest BCUT2D eigenvalue weighted by atomic mass is 32.1. The van der Waals surface area contributed by atoms with E-state index in [0.29, 0.717) is 0 Å². The van der Waals surface area contributed by atoms with E-state index in [4.69, 9.17) is 17.7 Å². The number of benzene rings is 8. The maximum absolute atomic E-state index is 6.39. The summed E-state index contributed by atoms with van der Waals surface area (Å²) in [6, 6.07) is 64.4. The van der Waals surface area contributed by atoms with Crippen LogP contribution in [0.4, 0.5) is 0 Å². The quantitative estimate of drug-likeness (QED) is 0.173. The first-order chi connectivity index (χ1) is 30.6. The maximum Gasteiger partial charge on any atom is 0.139 e. The molecule has 8 aromatic carbocycles. The second-order valence-electron chi connectivity index (χ2n) is 16.0. The lowest BCUT2D eigenvalue weighted by Crippen LogP contribution is -1.76. The molecule has 4 nitrogen and oxygen atoms in total. The first kappa shape index (κ1) is 34.1. The number of hydrogen-bond acceptors (Lipinski definition) is 6. The van der Waals surface area contributed by atoms with Gasteiger partial charge in [0.1, 0.15) is 44.7 Å². The van der Waals surface area contributed by atoms with Crippen LogP contribution in [0.15, 0.2) is 200 Å². The van der Waals surface area contributed by atoms with Crippen LogP contribution in [0.25, 0.3) is 141 Å². The zero-order valence-corrected chi connectivity index (χ0v) is 34.4. The van der Waals surface area contributed by atoms with E-state index in [9.17, 15) is 0 Å². The molecule has 6 aromatic heterocycles. The SMILES string of the molecule is c1ccc(-c2ccc3oc4cc5oc6ccc(-c7ccc(-c8ccc(-c9ccc%10oc%11cc%12oc%13ccc(-c%14ccccc%14)cc%13c%12cc%11c%10c9)s8)s7)cc6c5cc4c3c2)cc1. The third kappa shape index (κ3) is 5.24. The summed E-state index contributed by atoms with van der Waals surface area (Å²) in [7, 11) is 0. The lowest BCUT2D eigenvalue weighted by atomic mass is 10.0. The van der Waals surface area contributed by atoms with Crippen molar-refractivity contribution in [2.75, 3.05) is 0 Å². The second kappa shape index (κ2) is 12.9. The molecular weight excluding hydrogens is 801 g/mol. The third-order valence-electron chi connectivity index (χ3n) is 12.4. The van der Waals surface area contributed by atoms with Gasteiger partial charge in [-0.3, -0.25) is 0 Å². The molecule has 62 heavy (non-hydrogen) atoms. The van der Waals surface area contributed by atoms with Crippen molar-refractivity contribution in [1.82, 2.24) is 0 Å². The van der Waals surface area contributed by atoms with Crippen LogP contribution in [0, 0.1) is 0 Å². The van der Waals surface area contributed by atoms with Crippen molar-refractivity contribution in [3.05, 3.63) is 182 Å². The van der Waals surface area contributed by atoms with Crippen LogP contribution in [0.2, 0.25) is 0 Å². The summed E-state index contributed by atoms with van der Waals surface area (Å²) in [6.45, 7) is 0. The minimum atomic E-state index is 0.826. The van der Waals surface area contributed by atoms with Crippen molar-refractivity contribution in [3.8, 4) is 52.9 Å². The molecule has 0 aliphatic heterocycles. The van der Waals surface area contributed by atoms with Gasteiger partial charge in [0, 0.05) is 74.7 Å². The summed E-state index contributed by atoms with van der Waals surface area (Å²) in [5.41, 5.74) is 13.8. The van der Waals surface area contributed by atoms with Gasteiger partial charge in [-0.25, -0.2) is 0 Å². The summed E-state index contributed by atoms with van der Waals surface area (Å²) in [6.07, 6.45) is 0. The normalized spacial score (nSPS) is 12.2. The summed E-state index contributed by atoms with van der Waals surface area (Å²) in [5, 5.41) is 8.76. The summed E-state index contributed by atoms with van der Waals surface area (Å²) in [4.78, 5) is 4.92. The van der Waals surface area contributed by atoms with E-state index in [0.717, 1.165) is 87.8 Å². The van der Waals surface area contributed by atoms with E-state index in [-0.39, 0.29) is 0 Å². The Morgan fingerprint density at radius 2 is 0.516 bits per heavy atom. The van der Waals surface area contributed by atoms with E-state index in [1.807, 2.05) is 46.9 Å². The minimum absolute atomic E-state index is 0.826. The highest BCUT2D eigenvalue weighted by Gasteiger charge is 2.18. The first-order valence-electron chi connectivity index (χ1n) is 20.6. The van der Waals surface area contributed by atoms with Crippen LogP contribution < -0.4 is 0 Å². The van der Waals surface area contributed by atoms with Gasteiger partial charge in [-0.2, -0.15) is 0 Å². The first-order valence-corrected chi connectivity index (χ1v) is 22.2. The lowest BCUT2D eigenvalue weighted by molar-refractivity contribution is 0.655. The van der Waals surface area contributed by atoms with Gasteiger partial charge in [0.25, 0.3) is 0 Å². The number of furan rings is 4. The van der Waals surface area contributed by atoms with E-state index in [1.165, 1.54) is 52.9 Å². The lowest BCUT2D eigenvalue weighted by Gasteiger charge is -2.01. The molecule has 0 amide bonds. The molecule has 0 fully saturated rings. The molecule has 0 saturated carbocycles. The van der Waals surface area contributed by atoms with Gasteiger partial charge in [0.15, 0.2) is 0 Å². The Hall–Kier alpha value is -7.64. The molecule has 14 aromatic rings. The van der Waals surface area contributed by atoms with Crippen molar-refractivity contribution >= 4 is 110 Å². The molecular formula is C56H30O4S2. The van der Waals surface area contributed by atoms with Gasteiger partial charge >= 0.3 is 0 Å². The molecule has 0 aliphatic rings. The maximum atomic E-state index is 6.39. The Balaban J connectivity index is 0.796. The number of hydrogen-bond donors (Lipinski definition) is 0. The van der Waals surface area contributed by atoms with Crippen LogP contribution >= 0.6 is 22.7 Å². The van der Waals surface area contributed by atoms with Gasteiger partial charge < -0.3 is 17.7 Å². The van der Waals surface area contributed by atoms with Crippen molar-refractivity contribution in [2.45, 2.75) is 0 Å². The minimum Gasteiger partial charge on any atom is -0.456 e. The molecule has 0 atom stereocenters. The number of rotatable bonds is 5. The monoisotopic (exact) mass is 830 g/mol. The van der Waals surface area contributed by atoms with Crippen molar-refractivity contribution in [2.24, 2.45) is 0 Å². The Morgan fingerprint density at radius 3 is 0.887 bits per heavy atom. The molecule has 0 N–H and O–H groups in total. The molecule has 0 aliphatic carbocycles. The van der Waals surface area contributed by atoms with Crippen molar-refractivity contribution < 1.29 is 17.7 Å². The standard InChI is InChI=1S/C56H30O4S2/c1-3-7-31(8-4-1)33-11-15-45-37(23-33)41-27-43-39-25-35(13-17-47(39)59-51(43)29-49(41)57-45)53-19-21-55(61-53)56-22-20-54(62-56)36-14-18-48-40(26-36)44-28-42-38-24-34(32-9-5-2-6-10-32)12-16-46(38)58-50(42)30-52(44)60-48/h1-30H. The molecule has 0 spiro atoms. The smallest absolute Gasteiger partial charge is 0.139 e. The van der Waals surface area contributed by atoms with E-state index in [2.05, 4.69) is 158 Å². The number of thiophene rings is 2. The van der Waals surface area contributed by atoms with Crippen molar-refractivity contribution in [1.29, 1.82) is 0 Å². The van der Waals surface area contributed by atoms with Crippen LogP contribution in [-0.2, 0) is 0 Å². The molecule has 290 valence electrons. The Bertz CT molecular complexity index is 3830. The van der Waals surface area contributed by atoms with Gasteiger partial charge in [0.2, 0.25) is 0 Å². The Labute approximate surface area is 361 Å². The highest BCUT2D eigenvalue weighted by Crippen LogP contribution is 2.45. The zero-order chi connectivity index (χ0) is 40.5. The average molecular weight is 831 g/mol. The van der Waals surface area contributed by atoms with Crippen LogP contribution in [0.1, 0.15) is 0 Å². The topological polar surface area (TPSA) is 52.6 Å². The molecule has 0 unspecified atom stereocenters. The molecule has 6 heterocycles. The largest absolute Gasteiger partial charge is 0.456 e. The van der Waals surface area contributed by atoms with Crippen LogP contribution in [0.3, 0.4) is 0 Å². The van der Waals surface area contributed by atoms with Gasteiger partial charge in [-0.1, -0.05) is 72.8 Å². The fourth-order valence-electron chi connectivity index (χ4n) is 9.27. The fourth-order valence-corrected chi connectivity index (χ4v) is 11.4. The second-order valence-corrected chi connectivity index (χ2v) is 18.2. The molecule has 14 rings (SSSR count). The highest BCUT2D eigenvalue weighted by molar-refractivity contribution is 7.25. The van der Waals surface area contributed by atoms with E-state index < -0.39 is 0 Å². The predicted molar refractivity (Wildman–Crippen MR) is 258 cm³/mol. The Morgan fingerprint density at radius 1 is 0.210 bits per heavy atom. The Kier molecular flexibility index (Phi) is 7.11. The average Bonchev–Trinajstić information content (AvgIpc) is 4.19.